The number of hydrogen-bond acceptors (Lipinski definition) is 7. The summed E-state index contributed by atoms with van der Waals surface area (Å²) in [6, 6.07) is 10.9. The van der Waals surface area contributed by atoms with E-state index in [9.17, 15) is 19.2 Å². The molecule has 3 aromatic rings. The Morgan fingerprint density at radius 3 is 2.34 bits per heavy atom. The zero-order valence-corrected chi connectivity index (χ0v) is 18.4. The minimum absolute atomic E-state index is 0.0638. The second kappa shape index (κ2) is 9.03. The third-order valence-electron chi connectivity index (χ3n) is 4.47. The number of rotatable bonds is 6. The lowest BCUT2D eigenvalue weighted by atomic mass is 10.1. The Morgan fingerprint density at radius 1 is 1.00 bits per heavy atom. The molecule has 2 aromatic carbocycles. The number of aromatic nitrogens is 2. The maximum Gasteiger partial charge on any atom is 0.261 e. The molecular weight excluding hydrogens is 477 g/mol. The molecule has 0 aliphatic carbocycles. The van der Waals surface area contributed by atoms with Gasteiger partial charge in [-0.15, -0.1) is 10.2 Å². The maximum absolute atomic E-state index is 12.4. The molecule has 0 saturated carbocycles. The second-order valence-electron chi connectivity index (χ2n) is 6.60. The molecule has 0 spiro atoms. The lowest BCUT2D eigenvalue weighted by Gasteiger charge is -2.10. The number of nitrogens with zero attached hydrogens (tertiary/aromatic N) is 3. The maximum atomic E-state index is 12.4. The third-order valence-corrected chi connectivity index (χ3v) is 5.84. The smallest absolute Gasteiger partial charge is 0.261 e. The van der Waals surface area contributed by atoms with E-state index in [4.69, 9.17) is 23.2 Å². The van der Waals surface area contributed by atoms with E-state index in [1.54, 1.807) is 24.3 Å². The highest BCUT2D eigenvalue weighted by Crippen LogP contribution is 2.26. The summed E-state index contributed by atoms with van der Waals surface area (Å²) >= 11 is 12.8. The Morgan fingerprint density at radius 2 is 1.69 bits per heavy atom. The number of amides is 4. The van der Waals surface area contributed by atoms with Gasteiger partial charge in [0.25, 0.3) is 17.7 Å². The number of fused-ring (bicyclic) bond motifs is 1. The SMILES string of the molecule is O=C(CNC(=O)c1ccc(Cl)cc1Cl)Nc1nnc(CN2C(=O)c3ccccc3C2=O)s1. The second-order valence-corrected chi connectivity index (χ2v) is 8.50. The van der Waals surface area contributed by atoms with Crippen LogP contribution in [-0.2, 0) is 11.3 Å². The minimum Gasteiger partial charge on any atom is -0.343 e. The van der Waals surface area contributed by atoms with Gasteiger partial charge in [0.05, 0.1) is 34.8 Å². The molecule has 0 radical (unpaired) electrons. The van der Waals surface area contributed by atoms with Gasteiger partial charge in [-0.25, -0.2) is 0 Å². The summed E-state index contributed by atoms with van der Waals surface area (Å²) in [7, 11) is 0. The van der Waals surface area contributed by atoms with Crippen molar-refractivity contribution in [3.05, 3.63) is 74.2 Å². The van der Waals surface area contributed by atoms with Crippen molar-refractivity contribution in [2.24, 2.45) is 0 Å². The van der Waals surface area contributed by atoms with Gasteiger partial charge >= 0.3 is 0 Å². The van der Waals surface area contributed by atoms with Crippen LogP contribution in [-0.4, -0.2) is 45.3 Å². The molecule has 0 atom stereocenters. The number of nitrogens with one attached hydrogen (secondary N) is 2. The van der Waals surface area contributed by atoms with Gasteiger partial charge in [0.15, 0.2) is 0 Å². The molecule has 2 heterocycles. The Labute approximate surface area is 195 Å². The van der Waals surface area contributed by atoms with E-state index in [2.05, 4.69) is 20.8 Å². The van der Waals surface area contributed by atoms with Crippen LogP contribution in [0.4, 0.5) is 5.13 Å². The molecule has 9 nitrogen and oxygen atoms in total. The molecular formula is C20H13Cl2N5O4S. The molecule has 1 aliphatic rings. The van der Waals surface area contributed by atoms with Gasteiger partial charge in [-0.2, -0.15) is 0 Å². The average Bonchev–Trinajstić information content (AvgIpc) is 3.30. The third kappa shape index (κ3) is 4.47. The largest absolute Gasteiger partial charge is 0.343 e. The van der Waals surface area contributed by atoms with Crippen LogP contribution in [0.15, 0.2) is 42.5 Å². The number of hydrogen-bond donors (Lipinski definition) is 2. The first-order valence-corrected chi connectivity index (χ1v) is 10.7. The number of carbonyl (C=O) groups is 4. The van der Waals surface area contributed by atoms with Crippen LogP contribution in [0, 0.1) is 0 Å². The number of imide groups is 1. The summed E-state index contributed by atoms with van der Waals surface area (Å²) in [5.41, 5.74) is 0.863. The van der Waals surface area contributed by atoms with Crippen LogP contribution >= 0.6 is 34.5 Å². The first-order valence-electron chi connectivity index (χ1n) is 9.14. The predicted octanol–water partition coefficient (Wildman–Crippen LogP) is 3.01. The van der Waals surface area contributed by atoms with Crippen molar-refractivity contribution in [1.82, 2.24) is 20.4 Å². The summed E-state index contributed by atoms with van der Waals surface area (Å²) in [4.78, 5) is 50.3. The molecule has 4 rings (SSSR count). The van der Waals surface area contributed by atoms with Gasteiger partial charge in [-0.05, 0) is 30.3 Å². The highest BCUT2D eigenvalue weighted by Gasteiger charge is 2.35. The quantitative estimate of drug-likeness (QED) is 0.513. The van der Waals surface area contributed by atoms with Crippen molar-refractivity contribution in [2.45, 2.75) is 6.54 Å². The summed E-state index contributed by atoms with van der Waals surface area (Å²) in [5, 5.41) is 13.8. The predicted molar refractivity (Wildman–Crippen MR) is 118 cm³/mol. The number of carbonyl (C=O) groups excluding carboxylic acids is 4. The zero-order valence-electron chi connectivity index (χ0n) is 16.1. The van der Waals surface area contributed by atoms with Gasteiger partial charge < -0.3 is 5.32 Å². The highest BCUT2D eigenvalue weighted by molar-refractivity contribution is 7.15. The van der Waals surface area contributed by atoms with Crippen LogP contribution in [0.2, 0.25) is 10.0 Å². The monoisotopic (exact) mass is 489 g/mol. The first kappa shape index (κ1) is 21.9. The molecule has 4 amide bonds. The fourth-order valence-corrected chi connectivity index (χ4v) is 4.22. The van der Waals surface area contributed by atoms with E-state index in [1.165, 1.54) is 18.2 Å². The summed E-state index contributed by atoms with van der Waals surface area (Å²) in [6.45, 7) is -0.392. The van der Waals surface area contributed by atoms with E-state index in [-0.39, 0.29) is 28.8 Å². The van der Waals surface area contributed by atoms with Crippen molar-refractivity contribution in [1.29, 1.82) is 0 Å². The molecule has 0 bridgehead atoms. The molecule has 0 unspecified atom stereocenters. The standard InChI is InChI=1S/C20H13Cl2N5O4S/c21-10-5-6-13(14(22)7-10)17(29)23-8-15(28)24-20-26-25-16(32-20)9-27-18(30)11-3-1-2-4-12(11)19(27)31/h1-7H,8-9H2,(H,23,29)(H,24,26,28). The van der Waals surface area contributed by atoms with E-state index >= 15 is 0 Å². The van der Waals surface area contributed by atoms with Gasteiger partial charge in [-0.1, -0.05) is 46.7 Å². The number of anilines is 1. The van der Waals surface area contributed by atoms with Crippen molar-refractivity contribution in [3.63, 3.8) is 0 Å². The number of halogens is 2. The van der Waals surface area contributed by atoms with Crippen LogP contribution in [0.25, 0.3) is 0 Å². The van der Waals surface area contributed by atoms with Gasteiger partial charge in [0.2, 0.25) is 11.0 Å². The van der Waals surface area contributed by atoms with Gasteiger partial charge in [0, 0.05) is 5.02 Å². The molecule has 32 heavy (non-hydrogen) atoms. The molecule has 12 heteroatoms. The molecule has 2 N–H and O–H groups in total. The van der Waals surface area contributed by atoms with E-state index in [0.717, 1.165) is 16.2 Å². The van der Waals surface area contributed by atoms with Gasteiger partial charge in [-0.3, -0.25) is 29.4 Å². The van der Waals surface area contributed by atoms with Crippen molar-refractivity contribution in [2.75, 3.05) is 11.9 Å². The van der Waals surface area contributed by atoms with Crippen molar-refractivity contribution >= 4 is 63.3 Å². The lowest BCUT2D eigenvalue weighted by Crippen LogP contribution is -2.33. The van der Waals surface area contributed by atoms with Crippen molar-refractivity contribution < 1.29 is 19.2 Å². The topological polar surface area (TPSA) is 121 Å². The Bertz CT molecular complexity index is 1230. The minimum atomic E-state index is -0.537. The average molecular weight is 490 g/mol. The summed E-state index contributed by atoms with van der Waals surface area (Å²) in [5.74, 6) is -1.89. The van der Waals surface area contributed by atoms with Crippen LogP contribution in [0.3, 0.4) is 0 Å². The van der Waals surface area contributed by atoms with Crippen LogP contribution < -0.4 is 10.6 Å². The summed E-state index contributed by atoms with van der Waals surface area (Å²) in [6.07, 6.45) is 0. The normalized spacial score (nSPS) is 12.6. The molecule has 162 valence electrons. The van der Waals surface area contributed by atoms with Gasteiger partial charge in [0.1, 0.15) is 5.01 Å². The molecule has 0 fully saturated rings. The Hall–Kier alpha value is -3.34. The Kier molecular flexibility index (Phi) is 6.17. The Balaban J connectivity index is 1.32. The molecule has 1 aromatic heterocycles. The van der Waals surface area contributed by atoms with E-state index in [0.29, 0.717) is 21.2 Å². The lowest BCUT2D eigenvalue weighted by molar-refractivity contribution is -0.115. The molecule has 1 aliphatic heterocycles. The van der Waals surface area contributed by atoms with Crippen molar-refractivity contribution in [3.8, 4) is 0 Å². The first-order chi connectivity index (χ1) is 15.3. The zero-order chi connectivity index (χ0) is 22.8. The fraction of sp³-hybridized carbons (Fsp3) is 0.100. The van der Waals surface area contributed by atoms with Crippen LogP contribution in [0.5, 0.6) is 0 Å². The summed E-state index contributed by atoms with van der Waals surface area (Å²) < 4.78 is 0. The fourth-order valence-electron chi connectivity index (χ4n) is 2.98. The van der Waals surface area contributed by atoms with E-state index in [1.807, 2.05) is 0 Å². The highest BCUT2D eigenvalue weighted by atomic mass is 35.5. The molecule has 0 saturated heterocycles. The van der Waals surface area contributed by atoms with Crippen LogP contribution in [0.1, 0.15) is 36.1 Å². The number of benzene rings is 2. The van der Waals surface area contributed by atoms with E-state index < -0.39 is 23.6 Å².